The Morgan fingerprint density at radius 1 is 1.33 bits per heavy atom. The van der Waals surface area contributed by atoms with Crippen molar-refractivity contribution in [3.63, 3.8) is 0 Å². The molecule has 0 N–H and O–H groups in total. The first-order valence-corrected chi connectivity index (χ1v) is 4.80. The molecule has 0 saturated heterocycles. The lowest BCUT2D eigenvalue weighted by Crippen LogP contribution is -2.20. The lowest BCUT2D eigenvalue weighted by atomic mass is 9.89. The second kappa shape index (κ2) is 5.18. The Morgan fingerprint density at radius 3 is 2.58 bits per heavy atom. The second-order valence-electron chi connectivity index (χ2n) is 3.36. The quantitative estimate of drug-likeness (QED) is 0.606. The van der Waals surface area contributed by atoms with Gasteiger partial charge >= 0.3 is 5.97 Å². The number of esters is 1. The average Bonchev–Trinajstić information content (AvgIpc) is 2.15. The minimum Gasteiger partial charge on any atom is -0.465 e. The third-order valence-corrected chi connectivity index (χ3v) is 2.33. The molecule has 2 nitrogen and oxygen atoms in total. The van der Waals surface area contributed by atoms with E-state index in [1.54, 1.807) is 0 Å². The maximum absolute atomic E-state index is 11.3. The Labute approximate surface area is 74.3 Å². The summed E-state index contributed by atoms with van der Waals surface area (Å²) in [4.78, 5) is 11.3. The first-order valence-electron chi connectivity index (χ1n) is 4.80. The third-order valence-electron chi connectivity index (χ3n) is 2.33. The number of hydrogen-bond donors (Lipinski definition) is 0. The van der Waals surface area contributed by atoms with Gasteiger partial charge in [-0.15, -0.1) is 0 Å². The van der Waals surface area contributed by atoms with Crippen LogP contribution in [-0.4, -0.2) is 12.6 Å². The van der Waals surface area contributed by atoms with Crippen molar-refractivity contribution in [3.05, 3.63) is 6.92 Å². The summed E-state index contributed by atoms with van der Waals surface area (Å²) >= 11 is 0. The SMILES string of the molecule is [CH2]CCOC(=O)C1CCCCC1. The fourth-order valence-electron chi connectivity index (χ4n) is 1.63. The monoisotopic (exact) mass is 169 g/mol. The first-order chi connectivity index (χ1) is 5.84. The Hall–Kier alpha value is -0.530. The standard InChI is InChI=1S/C10H17O2/c1-2-8-12-10(11)9-6-4-3-5-7-9/h9H,1-8H2. The van der Waals surface area contributed by atoms with Gasteiger partial charge < -0.3 is 4.74 Å². The van der Waals surface area contributed by atoms with Gasteiger partial charge in [-0.1, -0.05) is 19.3 Å². The summed E-state index contributed by atoms with van der Waals surface area (Å²) in [5.74, 6) is 0.184. The normalized spacial score (nSPS) is 19.1. The molecular weight excluding hydrogens is 152 g/mol. The molecule has 1 radical (unpaired) electrons. The second-order valence-corrected chi connectivity index (χ2v) is 3.36. The van der Waals surface area contributed by atoms with Crippen molar-refractivity contribution in [2.24, 2.45) is 5.92 Å². The summed E-state index contributed by atoms with van der Waals surface area (Å²) in [7, 11) is 0. The van der Waals surface area contributed by atoms with Gasteiger partial charge in [0.05, 0.1) is 12.5 Å². The molecule has 0 aliphatic heterocycles. The zero-order valence-electron chi connectivity index (χ0n) is 7.55. The van der Waals surface area contributed by atoms with Gasteiger partial charge in [0.15, 0.2) is 0 Å². The number of carbonyl (C=O) groups is 1. The highest BCUT2D eigenvalue weighted by molar-refractivity contribution is 5.72. The molecule has 1 aliphatic rings. The molecule has 0 bridgehead atoms. The smallest absolute Gasteiger partial charge is 0.308 e. The van der Waals surface area contributed by atoms with Gasteiger partial charge in [0.1, 0.15) is 0 Å². The summed E-state index contributed by atoms with van der Waals surface area (Å²) in [5, 5.41) is 0. The Morgan fingerprint density at radius 2 is 2.00 bits per heavy atom. The first kappa shape index (κ1) is 9.56. The largest absolute Gasteiger partial charge is 0.465 e. The van der Waals surface area contributed by atoms with E-state index in [1.807, 2.05) is 0 Å². The Kier molecular flexibility index (Phi) is 4.12. The topological polar surface area (TPSA) is 26.3 Å². The van der Waals surface area contributed by atoms with Gasteiger partial charge in [0, 0.05) is 0 Å². The van der Waals surface area contributed by atoms with Crippen molar-refractivity contribution in [2.75, 3.05) is 6.61 Å². The van der Waals surface area contributed by atoms with Crippen molar-refractivity contribution < 1.29 is 9.53 Å². The van der Waals surface area contributed by atoms with E-state index in [4.69, 9.17) is 4.74 Å². The molecule has 0 atom stereocenters. The van der Waals surface area contributed by atoms with Crippen LogP contribution in [0.4, 0.5) is 0 Å². The van der Waals surface area contributed by atoms with Crippen molar-refractivity contribution in [1.29, 1.82) is 0 Å². The highest BCUT2D eigenvalue weighted by Crippen LogP contribution is 2.24. The molecule has 0 aromatic carbocycles. The summed E-state index contributed by atoms with van der Waals surface area (Å²) in [6.07, 6.45) is 6.37. The fraction of sp³-hybridized carbons (Fsp3) is 0.800. The van der Waals surface area contributed by atoms with Gasteiger partial charge in [0.25, 0.3) is 0 Å². The van der Waals surface area contributed by atoms with Gasteiger partial charge in [-0.25, -0.2) is 0 Å². The predicted octanol–water partition coefficient (Wildman–Crippen LogP) is 2.33. The third kappa shape index (κ3) is 2.84. The lowest BCUT2D eigenvalue weighted by molar-refractivity contribution is -0.149. The maximum Gasteiger partial charge on any atom is 0.308 e. The molecule has 0 amide bonds. The van der Waals surface area contributed by atoms with E-state index in [0.29, 0.717) is 13.0 Å². The van der Waals surface area contributed by atoms with E-state index < -0.39 is 0 Å². The zero-order valence-corrected chi connectivity index (χ0v) is 7.55. The average molecular weight is 169 g/mol. The van der Waals surface area contributed by atoms with Crippen LogP contribution >= 0.6 is 0 Å². The molecular formula is C10H17O2. The van der Waals surface area contributed by atoms with Crippen LogP contribution < -0.4 is 0 Å². The van der Waals surface area contributed by atoms with E-state index in [1.165, 1.54) is 19.3 Å². The van der Waals surface area contributed by atoms with Crippen LogP contribution in [0.1, 0.15) is 38.5 Å². The molecule has 1 aliphatic carbocycles. The molecule has 1 fully saturated rings. The molecule has 1 rings (SSSR count). The summed E-state index contributed by atoms with van der Waals surface area (Å²) < 4.78 is 5.03. The number of hydrogen-bond acceptors (Lipinski definition) is 2. The Balaban J connectivity index is 2.20. The molecule has 0 heterocycles. The molecule has 0 aromatic heterocycles. The summed E-state index contributed by atoms with van der Waals surface area (Å²) in [6, 6.07) is 0. The van der Waals surface area contributed by atoms with E-state index in [0.717, 1.165) is 12.8 Å². The summed E-state index contributed by atoms with van der Waals surface area (Å²) in [5.41, 5.74) is 0. The van der Waals surface area contributed by atoms with Gasteiger partial charge in [0.2, 0.25) is 0 Å². The minimum absolute atomic E-state index is 0.00153. The Bertz CT molecular complexity index is 137. The van der Waals surface area contributed by atoms with Crippen molar-refractivity contribution >= 4 is 5.97 Å². The van der Waals surface area contributed by atoms with E-state index in [2.05, 4.69) is 6.92 Å². The van der Waals surface area contributed by atoms with Crippen LogP contribution in [0.5, 0.6) is 0 Å². The molecule has 0 spiro atoms. The van der Waals surface area contributed by atoms with E-state index in [9.17, 15) is 4.79 Å². The van der Waals surface area contributed by atoms with Crippen LogP contribution in [0.2, 0.25) is 0 Å². The van der Waals surface area contributed by atoms with Crippen molar-refractivity contribution in [1.82, 2.24) is 0 Å². The number of ether oxygens (including phenoxy) is 1. The van der Waals surface area contributed by atoms with Crippen LogP contribution in [0, 0.1) is 12.8 Å². The van der Waals surface area contributed by atoms with Gasteiger partial charge in [-0.2, -0.15) is 0 Å². The predicted molar refractivity (Wildman–Crippen MR) is 47.5 cm³/mol. The van der Waals surface area contributed by atoms with E-state index in [-0.39, 0.29) is 11.9 Å². The molecule has 2 heteroatoms. The lowest BCUT2D eigenvalue weighted by Gasteiger charge is -2.19. The van der Waals surface area contributed by atoms with E-state index >= 15 is 0 Å². The molecule has 0 unspecified atom stereocenters. The molecule has 12 heavy (non-hydrogen) atoms. The van der Waals surface area contributed by atoms with Crippen molar-refractivity contribution in [3.8, 4) is 0 Å². The van der Waals surface area contributed by atoms with Gasteiger partial charge in [-0.05, 0) is 26.2 Å². The van der Waals surface area contributed by atoms with Gasteiger partial charge in [-0.3, -0.25) is 4.79 Å². The molecule has 1 saturated carbocycles. The van der Waals surface area contributed by atoms with Crippen LogP contribution in [0.15, 0.2) is 0 Å². The number of rotatable bonds is 3. The molecule has 69 valence electrons. The van der Waals surface area contributed by atoms with Crippen LogP contribution in [-0.2, 0) is 9.53 Å². The zero-order chi connectivity index (χ0) is 8.81. The molecule has 0 aromatic rings. The summed E-state index contributed by atoms with van der Waals surface area (Å²) in [6.45, 7) is 4.11. The maximum atomic E-state index is 11.3. The van der Waals surface area contributed by atoms with Crippen LogP contribution in [0.3, 0.4) is 0 Å². The van der Waals surface area contributed by atoms with Crippen molar-refractivity contribution in [2.45, 2.75) is 38.5 Å². The minimum atomic E-state index is -0.00153. The highest BCUT2D eigenvalue weighted by Gasteiger charge is 2.21. The van der Waals surface area contributed by atoms with Crippen LogP contribution in [0.25, 0.3) is 0 Å². The number of carbonyl (C=O) groups excluding carboxylic acids is 1. The highest BCUT2D eigenvalue weighted by atomic mass is 16.5. The fourth-order valence-corrected chi connectivity index (χ4v) is 1.63.